The molecule has 0 bridgehead atoms. The van der Waals surface area contributed by atoms with Crippen molar-refractivity contribution in [3.05, 3.63) is 74.5 Å². The molecule has 4 rings (SSSR count). The highest BCUT2D eigenvalue weighted by atomic mass is 35.5. The number of amides is 1. The van der Waals surface area contributed by atoms with Crippen LogP contribution in [0.2, 0.25) is 5.02 Å². The number of ether oxygens (including phenoxy) is 1. The fourth-order valence-corrected chi connectivity index (χ4v) is 3.60. The number of carbonyl (C=O) groups is 1. The molecule has 29 heavy (non-hydrogen) atoms. The second-order valence-electron chi connectivity index (χ2n) is 7.19. The van der Waals surface area contributed by atoms with E-state index in [0.29, 0.717) is 16.0 Å². The Kier molecular flexibility index (Phi) is 5.92. The van der Waals surface area contributed by atoms with Crippen LogP contribution in [0.25, 0.3) is 11.0 Å². The van der Waals surface area contributed by atoms with Crippen LogP contribution >= 0.6 is 11.6 Å². The van der Waals surface area contributed by atoms with Crippen LogP contribution in [-0.4, -0.2) is 23.8 Å². The standard InChI is InChI=1S/C22H21ClN2O4/c23-16-7-4-14(5-8-16)13-24-22(27)20-21(26)18-12-15(6-9-19(18)29-25-20)11-17-3-1-2-10-28-17/h4-9,12,17H,1-3,10-11,13H2,(H,24,27). The van der Waals surface area contributed by atoms with Gasteiger partial charge in [0.15, 0.2) is 5.58 Å². The molecule has 7 heteroatoms. The summed E-state index contributed by atoms with van der Waals surface area (Å²) in [5.41, 5.74) is 1.51. The first kappa shape index (κ1) is 19.6. The fourth-order valence-electron chi connectivity index (χ4n) is 3.47. The van der Waals surface area contributed by atoms with Crippen molar-refractivity contribution in [1.82, 2.24) is 10.5 Å². The van der Waals surface area contributed by atoms with Crippen LogP contribution in [0, 0.1) is 0 Å². The van der Waals surface area contributed by atoms with Crippen molar-refractivity contribution in [2.24, 2.45) is 0 Å². The number of nitrogens with one attached hydrogen (secondary N) is 1. The van der Waals surface area contributed by atoms with Crippen LogP contribution in [-0.2, 0) is 17.7 Å². The summed E-state index contributed by atoms with van der Waals surface area (Å²) in [6.07, 6.45) is 4.16. The molecule has 1 aromatic heterocycles. The first-order valence-corrected chi connectivity index (χ1v) is 10.0. The van der Waals surface area contributed by atoms with Gasteiger partial charge in [0, 0.05) is 18.2 Å². The smallest absolute Gasteiger partial charge is 0.277 e. The van der Waals surface area contributed by atoms with Crippen LogP contribution in [0.15, 0.2) is 51.8 Å². The number of rotatable bonds is 5. The van der Waals surface area contributed by atoms with Gasteiger partial charge in [0.05, 0.1) is 11.5 Å². The van der Waals surface area contributed by atoms with Crippen LogP contribution in [0.5, 0.6) is 0 Å². The molecule has 1 aliphatic rings. The Labute approximate surface area is 172 Å². The molecule has 0 radical (unpaired) electrons. The van der Waals surface area contributed by atoms with Gasteiger partial charge in [-0.25, -0.2) is 0 Å². The summed E-state index contributed by atoms with van der Waals surface area (Å²) < 4.78 is 11.1. The average molecular weight is 413 g/mol. The van der Waals surface area contributed by atoms with Gasteiger partial charge in [-0.15, -0.1) is 0 Å². The molecule has 3 aromatic rings. The molecule has 1 unspecified atom stereocenters. The minimum absolute atomic E-state index is 0.164. The maximum Gasteiger partial charge on any atom is 0.277 e. The van der Waals surface area contributed by atoms with E-state index in [0.717, 1.165) is 43.4 Å². The van der Waals surface area contributed by atoms with Gasteiger partial charge >= 0.3 is 0 Å². The minimum atomic E-state index is -0.573. The maximum absolute atomic E-state index is 12.8. The molecule has 6 nitrogen and oxygen atoms in total. The van der Waals surface area contributed by atoms with Crippen molar-refractivity contribution < 1.29 is 14.1 Å². The monoisotopic (exact) mass is 412 g/mol. The summed E-state index contributed by atoms with van der Waals surface area (Å²) >= 11 is 5.86. The number of fused-ring (bicyclic) bond motifs is 1. The van der Waals surface area contributed by atoms with E-state index in [9.17, 15) is 9.59 Å². The number of aromatic nitrogens is 1. The lowest BCUT2D eigenvalue weighted by molar-refractivity contribution is 0.0168. The van der Waals surface area contributed by atoms with E-state index < -0.39 is 11.3 Å². The number of hydrogen-bond donors (Lipinski definition) is 1. The molecule has 1 aliphatic heterocycles. The van der Waals surface area contributed by atoms with Crippen LogP contribution in [0.3, 0.4) is 0 Å². The molecule has 1 atom stereocenters. The Bertz CT molecular complexity index is 1070. The zero-order valence-electron chi connectivity index (χ0n) is 15.8. The third kappa shape index (κ3) is 4.66. The Balaban J connectivity index is 1.52. The summed E-state index contributed by atoms with van der Waals surface area (Å²) in [5, 5.41) is 7.40. The predicted octanol–water partition coefficient (Wildman–Crippen LogP) is 3.88. The molecular formula is C22H21ClN2O4. The fraction of sp³-hybridized carbons (Fsp3) is 0.318. The molecule has 1 saturated heterocycles. The highest BCUT2D eigenvalue weighted by molar-refractivity contribution is 6.30. The van der Waals surface area contributed by atoms with E-state index in [1.165, 1.54) is 0 Å². The Morgan fingerprint density at radius 3 is 2.69 bits per heavy atom. The van der Waals surface area contributed by atoms with Gasteiger partial charge in [-0.1, -0.05) is 35.0 Å². The minimum Gasteiger partial charge on any atom is -0.378 e. The van der Waals surface area contributed by atoms with Crippen molar-refractivity contribution in [2.45, 2.75) is 38.3 Å². The SMILES string of the molecule is O=C(NCc1ccc(Cl)cc1)c1noc2ccc(CC3CCCCO3)cc2c1=O. The van der Waals surface area contributed by atoms with E-state index >= 15 is 0 Å². The molecular weight excluding hydrogens is 392 g/mol. The lowest BCUT2D eigenvalue weighted by Gasteiger charge is -2.22. The van der Waals surface area contributed by atoms with E-state index in [4.69, 9.17) is 20.9 Å². The van der Waals surface area contributed by atoms with Crippen molar-refractivity contribution >= 4 is 28.5 Å². The molecule has 1 N–H and O–H groups in total. The molecule has 1 fully saturated rings. The van der Waals surface area contributed by atoms with Gasteiger partial charge < -0.3 is 14.6 Å². The molecule has 0 aliphatic carbocycles. The van der Waals surface area contributed by atoms with Crippen molar-refractivity contribution in [2.75, 3.05) is 6.61 Å². The lowest BCUT2D eigenvalue weighted by Crippen LogP contribution is -2.29. The van der Waals surface area contributed by atoms with Gasteiger partial charge in [-0.05, 0) is 61.1 Å². The molecule has 2 aromatic carbocycles. The van der Waals surface area contributed by atoms with Crippen LogP contribution in [0.1, 0.15) is 40.9 Å². The number of nitrogens with zero attached hydrogens (tertiary/aromatic N) is 1. The van der Waals surface area contributed by atoms with Crippen molar-refractivity contribution in [1.29, 1.82) is 0 Å². The Hall–Kier alpha value is -2.70. The third-order valence-electron chi connectivity index (χ3n) is 5.06. The Morgan fingerprint density at radius 2 is 1.93 bits per heavy atom. The van der Waals surface area contributed by atoms with Crippen molar-refractivity contribution in [3.63, 3.8) is 0 Å². The van der Waals surface area contributed by atoms with E-state index in [-0.39, 0.29) is 18.3 Å². The van der Waals surface area contributed by atoms with Crippen LogP contribution < -0.4 is 10.7 Å². The van der Waals surface area contributed by atoms with Crippen LogP contribution in [0.4, 0.5) is 0 Å². The maximum atomic E-state index is 12.8. The second-order valence-corrected chi connectivity index (χ2v) is 7.63. The summed E-state index contributed by atoms with van der Waals surface area (Å²) in [7, 11) is 0. The van der Waals surface area contributed by atoms with E-state index in [2.05, 4.69) is 10.5 Å². The summed E-state index contributed by atoms with van der Waals surface area (Å²) in [4.78, 5) is 25.3. The van der Waals surface area contributed by atoms with E-state index in [1.807, 2.05) is 6.07 Å². The number of benzene rings is 2. The predicted molar refractivity (Wildman–Crippen MR) is 110 cm³/mol. The zero-order chi connectivity index (χ0) is 20.2. The first-order chi connectivity index (χ1) is 14.1. The van der Waals surface area contributed by atoms with Gasteiger partial charge in [0.2, 0.25) is 11.1 Å². The summed E-state index contributed by atoms with van der Waals surface area (Å²) in [6, 6.07) is 12.5. The highest BCUT2D eigenvalue weighted by Crippen LogP contribution is 2.20. The second kappa shape index (κ2) is 8.76. The Morgan fingerprint density at radius 1 is 1.14 bits per heavy atom. The van der Waals surface area contributed by atoms with Gasteiger partial charge in [-0.3, -0.25) is 9.59 Å². The van der Waals surface area contributed by atoms with Gasteiger partial charge in [0.25, 0.3) is 5.91 Å². The number of hydrogen-bond acceptors (Lipinski definition) is 5. The molecule has 0 spiro atoms. The summed E-state index contributed by atoms with van der Waals surface area (Å²) in [6.45, 7) is 1.04. The quantitative estimate of drug-likeness (QED) is 0.687. The largest absolute Gasteiger partial charge is 0.378 e. The summed E-state index contributed by atoms with van der Waals surface area (Å²) in [5.74, 6) is -0.573. The number of carbonyl (C=O) groups excluding carboxylic acids is 1. The lowest BCUT2D eigenvalue weighted by atomic mass is 10.00. The third-order valence-corrected chi connectivity index (χ3v) is 5.31. The topological polar surface area (TPSA) is 81.4 Å². The number of halogens is 1. The molecule has 150 valence electrons. The van der Waals surface area contributed by atoms with Crippen molar-refractivity contribution in [3.8, 4) is 0 Å². The zero-order valence-corrected chi connectivity index (χ0v) is 16.6. The van der Waals surface area contributed by atoms with Gasteiger partial charge in [-0.2, -0.15) is 0 Å². The average Bonchev–Trinajstić information content (AvgIpc) is 2.74. The van der Waals surface area contributed by atoms with Gasteiger partial charge in [0.1, 0.15) is 0 Å². The first-order valence-electron chi connectivity index (χ1n) is 9.67. The molecule has 1 amide bonds. The molecule has 2 heterocycles. The highest BCUT2D eigenvalue weighted by Gasteiger charge is 2.18. The normalized spacial score (nSPS) is 16.7. The molecule has 0 saturated carbocycles. The van der Waals surface area contributed by atoms with E-state index in [1.54, 1.807) is 36.4 Å².